The number of nitrogens with one attached hydrogen (secondary N) is 1. The van der Waals surface area contributed by atoms with Crippen molar-refractivity contribution >= 4 is 11.9 Å². The molecule has 2 saturated carbocycles. The predicted octanol–water partition coefficient (Wildman–Crippen LogP) is 4.23. The van der Waals surface area contributed by atoms with Crippen LogP contribution in [0.5, 0.6) is 0 Å². The summed E-state index contributed by atoms with van der Waals surface area (Å²) >= 11 is 0. The Hall–Kier alpha value is -3.22. The molecule has 1 amide bonds. The molecule has 2 aliphatic carbocycles. The number of rotatable bonds is 6. The van der Waals surface area contributed by atoms with Crippen molar-refractivity contribution in [1.82, 2.24) is 20.4 Å². The fraction of sp³-hybridized carbons (Fsp3) is 0.440. The molecule has 5 rings (SSSR count). The predicted molar refractivity (Wildman–Crippen MR) is 123 cm³/mol. The van der Waals surface area contributed by atoms with E-state index in [1.807, 2.05) is 56.3 Å². The lowest BCUT2D eigenvalue weighted by molar-refractivity contribution is -0.123. The van der Waals surface area contributed by atoms with E-state index in [0.717, 1.165) is 28.1 Å². The van der Waals surface area contributed by atoms with Crippen molar-refractivity contribution in [1.29, 1.82) is 0 Å². The van der Waals surface area contributed by atoms with Gasteiger partial charge in [0.05, 0.1) is 17.0 Å². The number of hydrogen-bond acceptors (Lipinski definition) is 6. The van der Waals surface area contributed by atoms with Gasteiger partial charge in [-0.2, -0.15) is 0 Å². The zero-order chi connectivity index (χ0) is 22.2. The maximum Gasteiger partial charge on any atom is 0.225 e. The van der Waals surface area contributed by atoms with Gasteiger partial charge in [0.15, 0.2) is 5.76 Å². The fourth-order valence-electron chi connectivity index (χ4n) is 4.95. The second kappa shape index (κ2) is 8.37. The van der Waals surface area contributed by atoms with E-state index in [0.29, 0.717) is 30.1 Å². The van der Waals surface area contributed by atoms with E-state index in [4.69, 9.17) is 9.51 Å². The average molecular weight is 432 g/mol. The molecule has 0 saturated heterocycles. The molecule has 2 heterocycles. The van der Waals surface area contributed by atoms with Crippen LogP contribution in [0.4, 0.5) is 5.95 Å². The first-order chi connectivity index (χ1) is 15.5. The third kappa shape index (κ3) is 3.99. The summed E-state index contributed by atoms with van der Waals surface area (Å²) in [5.74, 6) is 3.00. The average Bonchev–Trinajstić information content (AvgIpc) is 3.39. The molecule has 32 heavy (non-hydrogen) atoms. The van der Waals surface area contributed by atoms with E-state index in [2.05, 4.69) is 15.5 Å². The molecular formula is C25H29N5O2. The number of amides is 1. The van der Waals surface area contributed by atoms with Gasteiger partial charge in [-0.05, 0) is 37.2 Å². The monoisotopic (exact) mass is 431 g/mol. The van der Waals surface area contributed by atoms with Gasteiger partial charge in [0, 0.05) is 44.4 Å². The summed E-state index contributed by atoms with van der Waals surface area (Å²) in [6, 6.07) is 10.0. The molecule has 2 aliphatic rings. The minimum absolute atomic E-state index is 0.223. The van der Waals surface area contributed by atoms with E-state index in [9.17, 15) is 4.79 Å². The molecule has 2 atom stereocenters. The highest BCUT2D eigenvalue weighted by Crippen LogP contribution is 2.55. The minimum Gasteiger partial charge on any atom is -0.356 e. The number of benzene rings is 1. The molecule has 1 N–H and O–H groups in total. The molecule has 0 aliphatic heterocycles. The highest BCUT2D eigenvalue weighted by atomic mass is 16.5. The largest absolute Gasteiger partial charge is 0.356 e. The van der Waals surface area contributed by atoms with Crippen LogP contribution in [0.2, 0.25) is 0 Å². The maximum atomic E-state index is 12.6. The van der Waals surface area contributed by atoms with Crippen molar-refractivity contribution in [3.05, 3.63) is 47.8 Å². The zero-order valence-corrected chi connectivity index (χ0v) is 18.8. The summed E-state index contributed by atoms with van der Waals surface area (Å²) in [4.78, 5) is 23.7. The van der Waals surface area contributed by atoms with Crippen molar-refractivity contribution in [3.8, 4) is 22.6 Å². The van der Waals surface area contributed by atoms with Crippen LogP contribution in [0.25, 0.3) is 22.6 Å². The van der Waals surface area contributed by atoms with Crippen LogP contribution in [-0.2, 0) is 11.3 Å². The Morgan fingerprint density at radius 1 is 1.16 bits per heavy atom. The number of carbonyl (C=O) groups excluding carboxylic acids is 1. The zero-order valence-electron chi connectivity index (χ0n) is 18.8. The Morgan fingerprint density at radius 3 is 2.50 bits per heavy atom. The second-order valence-corrected chi connectivity index (χ2v) is 9.21. The van der Waals surface area contributed by atoms with Crippen molar-refractivity contribution in [2.75, 3.05) is 19.0 Å². The first kappa shape index (κ1) is 20.7. The number of fused-ring (bicyclic) bond motifs is 1. The van der Waals surface area contributed by atoms with E-state index < -0.39 is 0 Å². The molecule has 0 bridgehead atoms. The van der Waals surface area contributed by atoms with Crippen molar-refractivity contribution in [3.63, 3.8) is 0 Å². The van der Waals surface area contributed by atoms with E-state index in [1.165, 1.54) is 25.7 Å². The summed E-state index contributed by atoms with van der Waals surface area (Å²) < 4.78 is 5.48. The first-order valence-corrected chi connectivity index (χ1v) is 11.4. The summed E-state index contributed by atoms with van der Waals surface area (Å²) in [6.07, 6.45) is 6.78. The molecule has 2 aromatic heterocycles. The maximum absolute atomic E-state index is 12.6. The summed E-state index contributed by atoms with van der Waals surface area (Å²) in [5, 5.41) is 7.15. The van der Waals surface area contributed by atoms with Crippen LogP contribution in [0.15, 0.2) is 41.1 Å². The van der Waals surface area contributed by atoms with Gasteiger partial charge in [-0.15, -0.1) is 0 Å². The Balaban J connectivity index is 1.33. The van der Waals surface area contributed by atoms with Gasteiger partial charge in [0.1, 0.15) is 0 Å². The Morgan fingerprint density at radius 2 is 1.88 bits per heavy atom. The number of carbonyl (C=O) groups is 1. The summed E-state index contributed by atoms with van der Waals surface area (Å²) in [5.41, 5.74) is 4.43. The van der Waals surface area contributed by atoms with E-state index in [1.54, 1.807) is 6.20 Å². The van der Waals surface area contributed by atoms with Gasteiger partial charge < -0.3 is 14.7 Å². The molecule has 0 spiro atoms. The van der Waals surface area contributed by atoms with Crippen LogP contribution in [0.1, 0.15) is 36.9 Å². The molecule has 2 fully saturated rings. The Bertz CT molecular complexity index is 1110. The summed E-state index contributed by atoms with van der Waals surface area (Å²) in [7, 11) is 3.83. The molecular weight excluding hydrogens is 402 g/mol. The van der Waals surface area contributed by atoms with Gasteiger partial charge >= 0.3 is 0 Å². The Kier molecular flexibility index (Phi) is 5.41. The number of nitrogens with zero attached hydrogens (tertiary/aromatic N) is 4. The molecule has 166 valence electrons. The second-order valence-electron chi connectivity index (χ2n) is 9.21. The smallest absolute Gasteiger partial charge is 0.225 e. The highest BCUT2D eigenvalue weighted by Gasteiger charge is 2.54. The van der Waals surface area contributed by atoms with Crippen LogP contribution < -0.4 is 10.2 Å². The van der Waals surface area contributed by atoms with Crippen molar-refractivity contribution in [2.45, 2.75) is 39.2 Å². The van der Waals surface area contributed by atoms with Gasteiger partial charge in [0.25, 0.3) is 0 Å². The number of anilines is 1. The number of aryl methyl sites for hydroxylation is 1. The third-order valence-corrected chi connectivity index (χ3v) is 6.72. The van der Waals surface area contributed by atoms with Crippen LogP contribution in [-0.4, -0.2) is 35.1 Å². The SMILES string of the molecule is Cc1cc(-c2cnc(N(C)C)nc2-c2ccc(CNC(=O)C3C4CCCCC43)cc2)on1. The van der Waals surface area contributed by atoms with E-state index in [-0.39, 0.29) is 11.8 Å². The van der Waals surface area contributed by atoms with Crippen LogP contribution in [0.3, 0.4) is 0 Å². The lowest BCUT2D eigenvalue weighted by Crippen LogP contribution is -2.25. The molecule has 1 aromatic carbocycles. The lowest BCUT2D eigenvalue weighted by Gasteiger charge is -2.14. The van der Waals surface area contributed by atoms with Gasteiger partial charge in [-0.1, -0.05) is 42.3 Å². The topological polar surface area (TPSA) is 84.2 Å². The highest BCUT2D eigenvalue weighted by molar-refractivity contribution is 5.82. The van der Waals surface area contributed by atoms with Gasteiger partial charge in [-0.3, -0.25) is 4.79 Å². The van der Waals surface area contributed by atoms with Crippen molar-refractivity contribution in [2.24, 2.45) is 17.8 Å². The fourth-order valence-corrected chi connectivity index (χ4v) is 4.95. The lowest BCUT2D eigenvalue weighted by atomic mass is 10.0. The molecule has 7 heteroatoms. The Labute approximate surface area is 188 Å². The standard InChI is InChI=1S/C25H29N5O2/c1-15-12-21(32-29-15)20-14-27-25(30(2)3)28-23(20)17-10-8-16(9-11-17)13-26-24(31)22-18-6-4-5-7-19(18)22/h8-12,14,18-19,22H,4-7,13H2,1-3H3,(H,26,31). The molecule has 2 unspecified atom stereocenters. The third-order valence-electron chi connectivity index (χ3n) is 6.72. The molecule has 0 radical (unpaired) electrons. The quantitative estimate of drug-likeness (QED) is 0.629. The minimum atomic E-state index is 0.223. The van der Waals surface area contributed by atoms with Gasteiger partial charge in [-0.25, -0.2) is 9.97 Å². The molecule has 7 nitrogen and oxygen atoms in total. The van der Waals surface area contributed by atoms with E-state index >= 15 is 0 Å². The summed E-state index contributed by atoms with van der Waals surface area (Å²) in [6.45, 7) is 2.44. The van der Waals surface area contributed by atoms with Gasteiger partial charge in [0.2, 0.25) is 11.9 Å². The van der Waals surface area contributed by atoms with Crippen molar-refractivity contribution < 1.29 is 9.32 Å². The number of hydrogen-bond donors (Lipinski definition) is 1. The normalized spacial score (nSPS) is 21.7. The van der Waals surface area contributed by atoms with Crippen LogP contribution >= 0.6 is 0 Å². The van der Waals surface area contributed by atoms with Crippen LogP contribution in [0, 0.1) is 24.7 Å². The number of aromatic nitrogens is 3. The first-order valence-electron chi connectivity index (χ1n) is 11.4. The molecule has 3 aromatic rings.